The maximum Gasteiger partial charge on any atom is 0.0920 e. The van der Waals surface area contributed by atoms with Crippen LogP contribution in [-0.4, -0.2) is 9.52 Å². The van der Waals surface area contributed by atoms with Crippen molar-refractivity contribution in [2.24, 2.45) is 0 Å². The Morgan fingerprint density at radius 2 is 0.983 bits per heavy atom. The maximum absolute atomic E-state index is 4.93. The van der Waals surface area contributed by atoms with Gasteiger partial charge in [0, 0.05) is 0 Å². The number of halogens is 2. The first-order valence-corrected chi connectivity index (χ1v) is 29.2. The summed E-state index contributed by atoms with van der Waals surface area (Å²) in [5.41, 5.74) is 14.3. The monoisotopic (exact) mass is 917 g/mol. The quantitative estimate of drug-likeness (QED) is 0.0846. The third-order valence-corrected chi connectivity index (χ3v) is 12.6. The van der Waals surface area contributed by atoms with E-state index in [4.69, 9.17) is 17.0 Å². The Labute approximate surface area is 381 Å². The zero-order chi connectivity index (χ0) is 42.1. The van der Waals surface area contributed by atoms with Gasteiger partial charge in [-0.3, -0.25) is 0 Å². The van der Waals surface area contributed by atoms with E-state index in [-0.39, 0.29) is 0 Å². The van der Waals surface area contributed by atoms with E-state index in [0.29, 0.717) is 0 Å². The van der Waals surface area contributed by atoms with Crippen LogP contribution in [0.4, 0.5) is 0 Å². The second-order valence-corrected chi connectivity index (χ2v) is 20.6. The number of hydrogen-bond acceptors (Lipinski definition) is 0. The summed E-state index contributed by atoms with van der Waals surface area (Å²) in [6, 6.07) is 58.8. The third kappa shape index (κ3) is 11.8. The van der Waals surface area contributed by atoms with Crippen molar-refractivity contribution in [3.63, 3.8) is 0 Å². The predicted molar refractivity (Wildman–Crippen MR) is 263 cm³/mol. The van der Waals surface area contributed by atoms with E-state index in [9.17, 15) is 0 Å². The van der Waals surface area contributed by atoms with Gasteiger partial charge < -0.3 is 0 Å². The summed E-state index contributed by atoms with van der Waals surface area (Å²) in [6.07, 6.45) is 12.1. The molecule has 60 heavy (non-hydrogen) atoms. The molecule has 306 valence electrons. The molecule has 8 aromatic carbocycles. The summed E-state index contributed by atoms with van der Waals surface area (Å²) in [5.74, 6) is 0. The van der Waals surface area contributed by atoms with Gasteiger partial charge in [0.15, 0.2) is 0 Å². The van der Waals surface area contributed by atoms with E-state index in [2.05, 4.69) is 179 Å². The molecule has 0 atom stereocenters. The van der Waals surface area contributed by atoms with Gasteiger partial charge in [-0.25, -0.2) is 0 Å². The summed E-state index contributed by atoms with van der Waals surface area (Å²) < 4.78 is 0. The number of fused-ring (bicyclic) bond motifs is 5. The van der Waals surface area contributed by atoms with Crippen LogP contribution in [0.2, 0.25) is 0 Å². The molecule has 0 saturated heterocycles. The van der Waals surface area contributed by atoms with E-state index in [0.717, 1.165) is 9.52 Å². The van der Waals surface area contributed by atoms with E-state index >= 15 is 0 Å². The van der Waals surface area contributed by atoms with Crippen LogP contribution in [0.15, 0.2) is 152 Å². The molecule has 2 radical (unpaired) electrons. The van der Waals surface area contributed by atoms with Gasteiger partial charge in [-0.2, -0.15) is 41.6 Å². The number of aryl methyl sites for hydroxylation is 4. The van der Waals surface area contributed by atoms with Crippen molar-refractivity contribution in [2.75, 3.05) is 0 Å². The van der Waals surface area contributed by atoms with Crippen molar-refractivity contribution in [3.05, 3.63) is 180 Å². The zero-order valence-corrected chi connectivity index (χ0v) is 40.7. The van der Waals surface area contributed by atoms with Crippen LogP contribution in [0.5, 0.6) is 0 Å². The molecule has 0 spiro atoms. The fourth-order valence-corrected chi connectivity index (χ4v) is 9.72. The van der Waals surface area contributed by atoms with Gasteiger partial charge in [-0.05, 0) is 49.7 Å². The number of rotatable bonds is 12. The number of hydrogen-bond donors (Lipinski definition) is 0. The van der Waals surface area contributed by atoms with E-state index < -0.39 is 20.8 Å². The average molecular weight is 920 g/mol. The standard InChI is InChI=1S/2C22H25.C12H7Si.2ClH.Zr/c2*1-3-5-10-19-13-14-20-15-17(9-4-2)16-21(20)22(19)18-11-7-6-8-12-18;1-3-7-11-9(5-1)10-6-2-4-8-12(10)13-11;;;/h2*6-8,11-16H,3-5,9-10H2,1-2H3;1-7H;2*1H;/q3*-1;;;+2/p-2. The first kappa shape index (κ1) is 45.7. The first-order chi connectivity index (χ1) is 29.5. The molecule has 8 aromatic rings. The average Bonchev–Trinajstić information content (AvgIpc) is 4.01. The van der Waals surface area contributed by atoms with Crippen LogP contribution >= 0.6 is 17.0 Å². The van der Waals surface area contributed by atoms with E-state index in [1.807, 2.05) is 6.07 Å². The Bertz CT molecular complexity index is 2340. The third-order valence-electron chi connectivity index (χ3n) is 11.2. The maximum atomic E-state index is 4.93. The minimum atomic E-state index is -0.826. The van der Waals surface area contributed by atoms with Crippen molar-refractivity contribution < 1.29 is 20.8 Å². The van der Waals surface area contributed by atoms with Crippen molar-refractivity contribution in [2.45, 2.75) is 91.9 Å². The van der Waals surface area contributed by atoms with Crippen LogP contribution in [0.3, 0.4) is 0 Å². The molecule has 0 aliphatic carbocycles. The second kappa shape index (κ2) is 24.0. The van der Waals surface area contributed by atoms with Crippen molar-refractivity contribution in [3.8, 4) is 33.4 Å². The van der Waals surface area contributed by atoms with Gasteiger partial charge in [0.1, 0.15) is 0 Å². The minimum absolute atomic E-state index is 0.795. The SMILES string of the molecule is CCCCc1ccc2[cH-]c(CCC)cc2c1-c1ccccc1.CCCCc1ccc2[cH-]c(CCC)cc2c1-c1ccccc1.[Cl][Zr][Cl].[c-]1cccc2c1[Si]c1ccccc1-2. The Morgan fingerprint density at radius 1 is 0.517 bits per heavy atom. The van der Waals surface area contributed by atoms with E-state index in [1.54, 1.807) is 0 Å². The molecule has 0 nitrogen and oxygen atoms in total. The van der Waals surface area contributed by atoms with Gasteiger partial charge in [-0.15, -0.1) is 74.6 Å². The summed E-state index contributed by atoms with van der Waals surface area (Å²) in [4.78, 5) is 0. The van der Waals surface area contributed by atoms with Crippen LogP contribution in [-0.2, 0) is 46.5 Å². The summed E-state index contributed by atoms with van der Waals surface area (Å²) in [7, 11) is 10.7. The molecular weight excluding hydrogens is 863 g/mol. The Morgan fingerprint density at radius 3 is 1.47 bits per heavy atom. The molecule has 1 heterocycles. The molecule has 0 fully saturated rings. The Kier molecular flexibility index (Phi) is 18.3. The largest absolute Gasteiger partial charge is 0.184 e. The van der Waals surface area contributed by atoms with Crippen molar-refractivity contribution >= 4 is 58.5 Å². The molecule has 9 rings (SSSR count). The number of unbranched alkanes of at least 4 members (excludes halogenated alkanes) is 2. The molecule has 0 aromatic heterocycles. The molecular formula is C56H57Cl2SiZr-3. The van der Waals surface area contributed by atoms with Gasteiger partial charge >= 0.3 is 37.9 Å². The Hall–Kier alpha value is -3.78. The van der Waals surface area contributed by atoms with E-state index in [1.165, 1.54) is 152 Å². The minimum Gasteiger partial charge on any atom is -0.184 e. The van der Waals surface area contributed by atoms with Gasteiger partial charge in [0.25, 0.3) is 0 Å². The van der Waals surface area contributed by atoms with Crippen LogP contribution < -0.4 is 10.4 Å². The molecule has 1 aliphatic rings. The van der Waals surface area contributed by atoms with Crippen LogP contribution in [0.1, 0.15) is 88.5 Å². The second-order valence-electron chi connectivity index (χ2n) is 15.6. The molecule has 4 heteroatoms. The van der Waals surface area contributed by atoms with Crippen LogP contribution in [0, 0.1) is 6.07 Å². The van der Waals surface area contributed by atoms with Crippen molar-refractivity contribution in [1.82, 2.24) is 0 Å². The van der Waals surface area contributed by atoms with Gasteiger partial charge in [0.2, 0.25) is 0 Å². The smallest absolute Gasteiger partial charge is 0.0920 e. The molecule has 0 amide bonds. The van der Waals surface area contributed by atoms with Gasteiger partial charge in [-0.1, -0.05) is 171 Å². The zero-order valence-electron chi connectivity index (χ0n) is 35.8. The molecule has 0 saturated carbocycles. The van der Waals surface area contributed by atoms with Crippen molar-refractivity contribution in [1.29, 1.82) is 0 Å². The summed E-state index contributed by atoms with van der Waals surface area (Å²) >= 11 is -0.826. The Balaban J connectivity index is 0.000000150. The number of benzene rings is 6. The first-order valence-electron chi connectivity index (χ1n) is 21.9. The fourth-order valence-electron chi connectivity index (χ4n) is 8.41. The predicted octanol–water partition coefficient (Wildman–Crippen LogP) is 15.5. The fraction of sp³-hybridized carbons (Fsp3) is 0.250. The summed E-state index contributed by atoms with van der Waals surface area (Å²) in [6.45, 7) is 9.04. The van der Waals surface area contributed by atoms with Crippen LogP contribution in [0.25, 0.3) is 54.9 Å². The van der Waals surface area contributed by atoms with Gasteiger partial charge in [0.05, 0.1) is 9.52 Å². The molecule has 1 aliphatic heterocycles. The normalized spacial score (nSPS) is 11.1. The summed E-state index contributed by atoms with van der Waals surface area (Å²) in [5, 5.41) is 8.47. The molecule has 0 unspecified atom stereocenters. The molecule has 0 bridgehead atoms. The molecule has 0 N–H and O–H groups in total. The topological polar surface area (TPSA) is 0 Å².